The second kappa shape index (κ2) is 6.83. The van der Waals surface area contributed by atoms with Gasteiger partial charge in [0, 0.05) is 13.1 Å². The monoisotopic (exact) mass is 291 g/mol. The van der Waals surface area contributed by atoms with Crippen LogP contribution < -0.4 is 0 Å². The smallest absolute Gasteiger partial charge is 0.310 e. The van der Waals surface area contributed by atoms with Crippen LogP contribution in [0.3, 0.4) is 0 Å². The van der Waals surface area contributed by atoms with Crippen LogP contribution in [0.15, 0.2) is 6.33 Å². The fraction of sp³-hybridized carbons (Fsp3) is 0.615. The molecule has 0 aliphatic carbocycles. The van der Waals surface area contributed by atoms with Gasteiger partial charge in [0.05, 0.1) is 12.5 Å². The minimum atomic E-state index is -0.256. The summed E-state index contributed by atoms with van der Waals surface area (Å²) in [5, 5.41) is 12.5. The van der Waals surface area contributed by atoms with Crippen LogP contribution >= 0.6 is 0 Å². The highest BCUT2D eigenvalue weighted by Crippen LogP contribution is 2.18. The van der Waals surface area contributed by atoms with Crippen molar-refractivity contribution in [3.63, 3.8) is 0 Å². The van der Waals surface area contributed by atoms with Gasteiger partial charge in [0.2, 0.25) is 5.91 Å². The number of hydrogen-bond donors (Lipinski definition) is 0. The maximum atomic E-state index is 12.2. The molecule has 1 fully saturated rings. The summed E-state index contributed by atoms with van der Waals surface area (Å²) in [7, 11) is 0. The molecule has 2 heterocycles. The molecule has 1 atom stereocenters. The third-order valence-electron chi connectivity index (χ3n) is 3.33. The predicted octanol–water partition coefficient (Wildman–Crippen LogP) is -0.0485. The lowest BCUT2D eigenvalue weighted by Crippen LogP contribution is -2.44. The summed E-state index contributed by atoms with van der Waals surface area (Å²) < 4.78 is 6.33. The molecular formula is C13H17N5O3. The number of nitriles is 1. The zero-order valence-electron chi connectivity index (χ0n) is 11.9. The Labute approximate surface area is 122 Å². The first kappa shape index (κ1) is 15.0. The van der Waals surface area contributed by atoms with E-state index in [1.54, 1.807) is 11.8 Å². The number of esters is 1. The van der Waals surface area contributed by atoms with Crippen LogP contribution in [-0.4, -0.2) is 51.2 Å². The largest absolute Gasteiger partial charge is 0.466 e. The molecule has 1 aromatic heterocycles. The molecule has 0 N–H and O–H groups in total. The Morgan fingerprint density at radius 3 is 3.05 bits per heavy atom. The molecule has 0 radical (unpaired) electrons. The van der Waals surface area contributed by atoms with E-state index in [1.807, 2.05) is 6.07 Å². The number of hydrogen-bond acceptors (Lipinski definition) is 6. The molecule has 1 aliphatic heterocycles. The second-order valence-corrected chi connectivity index (χ2v) is 4.81. The summed E-state index contributed by atoms with van der Waals surface area (Å²) in [5.74, 6) is -0.611. The van der Waals surface area contributed by atoms with Gasteiger partial charge >= 0.3 is 5.97 Å². The molecule has 21 heavy (non-hydrogen) atoms. The van der Waals surface area contributed by atoms with Crippen LogP contribution in [0, 0.1) is 17.2 Å². The van der Waals surface area contributed by atoms with Gasteiger partial charge in [-0.05, 0) is 19.8 Å². The zero-order valence-corrected chi connectivity index (χ0v) is 11.9. The topological polar surface area (TPSA) is 101 Å². The molecule has 2 rings (SSSR count). The minimum Gasteiger partial charge on any atom is -0.466 e. The number of ether oxygens (including phenoxy) is 1. The van der Waals surface area contributed by atoms with E-state index in [0.29, 0.717) is 19.7 Å². The lowest BCUT2D eigenvalue weighted by molar-refractivity contribution is -0.151. The third-order valence-corrected chi connectivity index (χ3v) is 3.33. The summed E-state index contributed by atoms with van der Waals surface area (Å²) >= 11 is 0. The molecular weight excluding hydrogens is 274 g/mol. The Hall–Kier alpha value is -2.43. The fourth-order valence-corrected chi connectivity index (χ4v) is 2.32. The third kappa shape index (κ3) is 3.78. The second-order valence-electron chi connectivity index (χ2n) is 4.81. The molecule has 8 heteroatoms. The minimum absolute atomic E-state index is 0.0181. The van der Waals surface area contributed by atoms with E-state index in [0.717, 1.165) is 12.8 Å². The van der Waals surface area contributed by atoms with Gasteiger partial charge in [-0.2, -0.15) is 5.26 Å². The summed E-state index contributed by atoms with van der Waals surface area (Å²) in [4.78, 5) is 29.3. The van der Waals surface area contributed by atoms with E-state index in [-0.39, 0.29) is 30.2 Å². The Morgan fingerprint density at radius 2 is 2.38 bits per heavy atom. The maximum absolute atomic E-state index is 12.2. The number of aromatic nitrogens is 3. The molecule has 0 aromatic carbocycles. The van der Waals surface area contributed by atoms with E-state index in [4.69, 9.17) is 10.00 Å². The lowest BCUT2D eigenvalue weighted by atomic mass is 9.98. The summed E-state index contributed by atoms with van der Waals surface area (Å²) in [6.45, 7) is 3.12. The van der Waals surface area contributed by atoms with Crippen LogP contribution in [-0.2, 0) is 20.9 Å². The number of amides is 1. The number of likely N-dealkylation sites (tertiary alicyclic amines) is 1. The van der Waals surface area contributed by atoms with Gasteiger partial charge in [0.25, 0.3) is 5.82 Å². The average molecular weight is 291 g/mol. The molecule has 1 aliphatic rings. The lowest BCUT2D eigenvalue weighted by Gasteiger charge is -2.31. The fourth-order valence-electron chi connectivity index (χ4n) is 2.32. The first-order valence-corrected chi connectivity index (χ1v) is 6.88. The Balaban J connectivity index is 1.92. The van der Waals surface area contributed by atoms with Gasteiger partial charge in [-0.3, -0.25) is 9.59 Å². The van der Waals surface area contributed by atoms with Crippen molar-refractivity contribution in [2.45, 2.75) is 26.3 Å². The highest BCUT2D eigenvalue weighted by atomic mass is 16.5. The number of piperidine rings is 1. The normalized spacial score (nSPS) is 18.1. The van der Waals surface area contributed by atoms with Crippen LogP contribution in [0.1, 0.15) is 25.6 Å². The number of rotatable bonds is 4. The van der Waals surface area contributed by atoms with Crippen LogP contribution in [0.2, 0.25) is 0 Å². The van der Waals surface area contributed by atoms with Crippen molar-refractivity contribution in [2.75, 3.05) is 19.7 Å². The summed E-state index contributed by atoms with van der Waals surface area (Å²) in [6, 6.07) is 1.81. The average Bonchev–Trinajstić information content (AvgIpc) is 2.95. The highest BCUT2D eigenvalue weighted by Gasteiger charge is 2.29. The number of carbonyl (C=O) groups is 2. The van der Waals surface area contributed by atoms with Gasteiger partial charge in [0.1, 0.15) is 18.9 Å². The van der Waals surface area contributed by atoms with Crippen molar-refractivity contribution in [3.05, 3.63) is 12.2 Å². The maximum Gasteiger partial charge on any atom is 0.310 e. The number of carbonyl (C=O) groups excluding carboxylic acids is 2. The van der Waals surface area contributed by atoms with Crippen LogP contribution in [0.5, 0.6) is 0 Å². The van der Waals surface area contributed by atoms with Crippen molar-refractivity contribution >= 4 is 11.9 Å². The molecule has 1 amide bonds. The molecule has 8 nitrogen and oxygen atoms in total. The molecule has 112 valence electrons. The highest BCUT2D eigenvalue weighted by molar-refractivity contribution is 5.78. The molecule has 0 saturated carbocycles. The summed E-state index contributed by atoms with van der Waals surface area (Å²) in [5.41, 5.74) is 0. The Bertz CT molecular complexity index is 562. The SMILES string of the molecule is CCOC(=O)C1CCCN(C(=O)Cn2cnc(C#N)n2)C1. The Kier molecular flexibility index (Phi) is 4.87. The van der Waals surface area contributed by atoms with Gasteiger partial charge < -0.3 is 9.64 Å². The van der Waals surface area contributed by atoms with Crippen molar-refractivity contribution in [3.8, 4) is 6.07 Å². The number of nitrogens with zero attached hydrogens (tertiary/aromatic N) is 5. The molecule has 1 saturated heterocycles. The summed E-state index contributed by atoms with van der Waals surface area (Å²) in [6.07, 6.45) is 2.86. The van der Waals surface area contributed by atoms with Crippen molar-refractivity contribution in [1.82, 2.24) is 19.7 Å². The molecule has 1 unspecified atom stereocenters. The van der Waals surface area contributed by atoms with Gasteiger partial charge in [-0.1, -0.05) is 0 Å². The van der Waals surface area contributed by atoms with Gasteiger partial charge in [-0.25, -0.2) is 9.67 Å². The zero-order chi connectivity index (χ0) is 15.2. The van der Waals surface area contributed by atoms with Gasteiger partial charge in [0.15, 0.2) is 0 Å². The first-order chi connectivity index (χ1) is 10.1. The van der Waals surface area contributed by atoms with Gasteiger partial charge in [-0.15, -0.1) is 5.10 Å². The van der Waals surface area contributed by atoms with E-state index in [2.05, 4.69) is 10.1 Å². The van der Waals surface area contributed by atoms with Crippen molar-refractivity contribution < 1.29 is 14.3 Å². The van der Waals surface area contributed by atoms with Crippen LogP contribution in [0.25, 0.3) is 0 Å². The quantitative estimate of drug-likeness (QED) is 0.721. The standard InChI is InChI=1S/C13H17N5O3/c1-2-21-13(20)10-4-3-5-17(7-10)12(19)8-18-9-15-11(6-14)16-18/h9-10H,2-5,7-8H2,1H3. The predicted molar refractivity (Wildman–Crippen MR) is 70.7 cm³/mol. The van der Waals surface area contributed by atoms with E-state index < -0.39 is 0 Å². The molecule has 1 aromatic rings. The molecule has 0 spiro atoms. The van der Waals surface area contributed by atoms with E-state index >= 15 is 0 Å². The van der Waals surface area contributed by atoms with Crippen LogP contribution in [0.4, 0.5) is 0 Å². The molecule has 0 bridgehead atoms. The van der Waals surface area contributed by atoms with E-state index in [1.165, 1.54) is 11.0 Å². The van der Waals surface area contributed by atoms with E-state index in [9.17, 15) is 9.59 Å². The van der Waals surface area contributed by atoms with Crippen molar-refractivity contribution in [1.29, 1.82) is 5.26 Å². The Morgan fingerprint density at radius 1 is 1.57 bits per heavy atom. The first-order valence-electron chi connectivity index (χ1n) is 6.88. The van der Waals surface area contributed by atoms with Crippen molar-refractivity contribution in [2.24, 2.45) is 5.92 Å².